The number of hydrogen-bond acceptors (Lipinski definition) is 3. The van der Waals surface area contributed by atoms with Crippen LogP contribution in [-0.2, 0) is 13.8 Å². The van der Waals surface area contributed by atoms with Crippen molar-refractivity contribution in [1.29, 1.82) is 0 Å². The predicted molar refractivity (Wildman–Crippen MR) is 73.2 cm³/mol. The van der Waals surface area contributed by atoms with E-state index in [-0.39, 0.29) is 17.3 Å². The lowest BCUT2D eigenvalue weighted by Crippen LogP contribution is -2.40. The van der Waals surface area contributed by atoms with Gasteiger partial charge >= 0.3 is 0 Å². The van der Waals surface area contributed by atoms with E-state index in [1.165, 1.54) is 12.8 Å². The highest BCUT2D eigenvalue weighted by molar-refractivity contribution is 8.13. The third-order valence-electron chi connectivity index (χ3n) is 4.81. The molecule has 2 fully saturated rings. The van der Waals surface area contributed by atoms with Crippen LogP contribution >= 0.6 is 10.7 Å². The van der Waals surface area contributed by atoms with Gasteiger partial charge in [0.15, 0.2) is 0 Å². The molecule has 0 N–H and O–H groups in total. The first-order valence-electron chi connectivity index (χ1n) is 6.86. The summed E-state index contributed by atoms with van der Waals surface area (Å²) in [4.78, 5) is 0. The van der Waals surface area contributed by atoms with Crippen molar-refractivity contribution in [2.24, 2.45) is 17.3 Å². The summed E-state index contributed by atoms with van der Waals surface area (Å²) < 4.78 is 28.3. The van der Waals surface area contributed by atoms with Crippen molar-refractivity contribution in [3.63, 3.8) is 0 Å². The van der Waals surface area contributed by atoms with Gasteiger partial charge < -0.3 is 4.74 Å². The Kier molecular flexibility index (Phi) is 4.30. The summed E-state index contributed by atoms with van der Waals surface area (Å²) in [5.74, 6) is 1.33. The largest absolute Gasteiger partial charge is 0.377 e. The molecule has 1 saturated heterocycles. The van der Waals surface area contributed by atoms with E-state index in [1.54, 1.807) is 0 Å². The average molecular weight is 295 g/mol. The van der Waals surface area contributed by atoms with E-state index in [0.717, 1.165) is 19.3 Å². The lowest BCUT2D eigenvalue weighted by Gasteiger charge is -2.42. The van der Waals surface area contributed by atoms with Crippen LogP contribution in [0.1, 0.15) is 46.0 Å². The topological polar surface area (TPSA) is 43.4 Å². The molecule has 18 heavy (non-hydrogen) atoms. The monoisotopic (exact) mass is 294 g/mol. The van der Waals surface area contributed by atoms with Crippen molar-refractivity contribution >= 4 is 19.7 Å². The minimum Gasteiger partial charge on any atom is -0.377 e. The smallest absolute Gasteiger partial charge is 0.235 e. The summed E-state index contributed by atoms with van der Waals surface area (Å²) in [5.41, 5.74) is 0.0646. The van der Waals surface area contributed by atoms with E-state index in [0.29, 0.717) is 18.4 Å². The molecule has 1 aliphatic carbocycles. The Morgan fingerprint density at radius 3 is 2.72 bits per heavy atom. The van der Waals surface area contributed by atoms with Crippen molar-refractivity contribution in [1.82, 2.24) is 0 Å². The summed E-state index contributed by atoms with van der Waals surface area (Å²) >= 11 is 0. The van der Waals surface area contributed by atoms with Gasteiger partial charge in [0.25, 0.3) is 0 Å². The predicted octanol–water partition coefficient (Wildman–Crippen LogP) is 3.18. The molecular formula is C13H23ClO3S. The molecule has 0 aromatic heterocycles. The molecule has 0 amide bonds. The summed E-state index contributed by atoms with van der Waals surface area (Å²) in [5, 5.41) is 0. The number of hydrogen-bond donors (Lipinski definition) is 0. The van der Waals surface area contributed by atoms with Gasteiger partial charge in [0.05, 0.1) is 11.9 Å². The van der Waals surface area contributed by atoms with Crippen LogP contribution in [0.2, 0.25) is 0 Å². The molecule has 3 atom stereocenters. The molecule has 106 valence electrons. The van der Waals surface area contributed by atoms with Crippen LogP contribution in [0.25, 0.3) is 0 Å². The lowest BCUT2D eigenvalue weighted by molar-refractivity contribution is 0.0215. The first kappa shape index (κ1) is 14.6. The highest BCUT2D eigenvalue weighted by atomic mass is 35.7. The minimum absolute atomic E-state index is 0.0284. The van der Waals surface area contributed by atoms with Gasteiger partial charge in [0.1, 0.15) is 0 Å². The van der Waals surface area contributed by atoms with Crippen LogP contribution < -0.4 is 0 Å². The van der Waals surface area contributed by atoms with Crippen LogP contribution in [0.15, 0.2) is 0 Å². The third kappa shape index (κ3) is 3.20. The number of rotatable bonds is 3. The van der Waals surface area contributed by atoms with E-state index in [9.17, 15) is 8.42 Å². The Balaban J connectivity index is 2.13. The van der Waals surface area contributed by atoms with Crippen LogP contribution in [0.5, 0.6) is 0 Å². The highest BCUT2D eigenvalue weighted by Crippen LogP contribution is 2.50. The Hall–Kier alpha value is 0.200. The summed E-state index contributed by atoms with van der Waals surface area (Å²) in [6.45, 7) is 5.20. The first-order chi connectivity index (χ1) is 8.32. The normalized spacial score (nSPS) is 37.6. The van der Waals surface area contributed by atoms with E-state index >= 15 is 0 Å². The van der Waals surface area contributed by atoms with Gasteiger partial charge in [-0.1, -0.05) is 26.7 Å². The molecule has 0 radical (unpaired) electrons. The van der Waals surface area contributed by atoms with Gasteiger partial charge in [-0.2, -0.15) is 0 Å². The van der Waals surface area contributed by atoms with Gasteiger partial charge in [0.2, 0.25) is 9.05 Å². The van der Waals surface area contributed by atoms with Gasteiger partial charge in [-0.25, -0.2) is 8.42 Å². The van der Waals surface area contributed by atoms with Crippen molar-refractivity contribution in [3.8, 4) is 0 Å². The second-order valence-electron chi connectivity index (χ2n) is 6.28. The van der Waals surface area contributed by atoms with Crippen LogP contribution in [0.4, 0.5) is 0 Å². The average Bonchev–Trinajstić information content (AvgIpc) is 2.59. The zero-order chi connectivity index (χ0) is 13.4. The summed E-state index contributed by atoms with van der Waals surface area (Å²) in [7, 11) is 1.93. The molecule has 1 heterocycles. The maximum Gasteiger partial charge on any atom is 0.235 e. The molecule has 0 aromatic rings. The van der Waals surface area contributed by atoms with Crippen molar-refractivity contribution < 1.29 is 13.2 Å². The fourth-order valence-electron chi connectivity index (χ4n) is 3.68. The third-order valence-corrected chi connectivity index (χ3v) is 5.89. The maximum absolute atomic E-state index is 11.3. The molecule has 1 spiro atoms. The van der Waals surface area contributed by atoms with Crippen molar-refractivity contribution in [3.05, 3.63) is 0 Å². The Bertz CT molecular complexity index is 393. The maximum atomic E-state index is 11.3. The molecule has 2 rings (SSSR count). The molecule has 3 nitrogen and oxygen atoms in total. The molecule has 2 aliphatic rings. The Morgan fingerprint density at radius 1 is 1.39 bits per heavy atom. The van der Waals surface area contributed by atoms with Crippen molar-refractivity contribution in [2.45, 2.75) is 52.1 Å². The van der Waals surface area contributed by atoms with E-state index < -0.39 is 9.05 Å². The van der Waals surface area contributed by atoms with Crippen LogP contribution in [-0.4, -0.2) is 26.9 Å². The second-order valence-corrected chi connectivity index (χ2v) is 9.10. The lowest BCUT2D eigenvalue weighted by atomic mass is 9.64. The molecular weight excluding hydrogens is 272 g/mol. The molecule has 1 aliphatic heterocycles. The van der Waals surface area contributed by atoms with Gasteiger partial charge in [0, 0.05) is 22.7 Å². The van der Waals surface area contributed by atoms with Gasteiger partial charge in [-0.05, 0) is 31.1 Å². The molecule has 1 saturated carbocycles. The zero-order valence-corrected chi connectivity index (χ0v) is 12.8. The summed E-state index contributed by atoms with van der Waals surface area (Å²) in [6.07, 6.45) is 5.44. The van der Waals surface area contributed by atoms with E-state index in [4.69, 9.17) is 15.4 Å². The standard InChI is InChI=1S/C13H23ClO3S/c1-10(2)11-4-3-5-13(8-11)6-7-17-12(13)9-18(14,15)16/h10-12H,3-9H2,1-2H3. The fraction of sp³-hybridized carbons (Fsp3) is 1.00. The van der Waals surface area contributed by atoms with Gasteiger partial charge in [-0.3, -0.25) is 0 Å². The first-order valence-corrected chi connectivity index (χ1v) is 9.34. The fourth-order valence-corrected chi connectivity index (χ4v) is 4.83. The summed E-state index contributed by atoms with van der Waals surface area (Å²) in [6, 6.07) is 0. The van der Waals surface area contributed by atoms with Crippen LogP contribution in [0, 0.1) is 17.3 Å². The van der Waals surface area contributed by atoms with Gasteiger partial charge in [-0.15, -0.1) is 0 Å². The number of ether oxygens (including phenoxy) is 1. The number of halogens is 1. The van der Waals surface area contributed by atoms with E-state index in [1.807, 2.05) is 0 Å². The molecule has 0 bridgehead atoms. The molecule has 3 unspecified atom stereocenters. The van der Waals surface area contributed by atoms with E-state index in [2.05, 4.69) is 13.8 Å². The molecule has 0 aromatic carbocycles. The molecule has 5 heteroatoms. The second kappa shape index (κ2) is 5.29. The zero-order valence-electron chi connectivity index (χ0n) is 11.2. The minimum atomic E-state index is -3.47. The Labute approximate surface area is 115 Å². The van der Waals surface area contributed by atoms with Crippen LogP contribution in [0.3, 0.4) is 0 Å². The SMILES string of the molecule is CC(C)C1CCCC2(CCOC2CS(=O)(=O)Cl)C1. The van der Waals surface area contributed by atoms with Crippen molar-refractivity contribution in [2.75, 3.05) is 12.4 Å². The Morgan fingerprint density at radius 2 is 2.11 bits per heavy atom. The quantitative estimate of drug-likeness (QED) is 0.751. The highest BCUT2D eigenvalue weighted by Gasteiger charge is 2.48.